The number of allylic oxidation sites excluding steroid dienone is 6. The van der Waals surface area contributed by atoms with Crippen LogP contribution in [0.2, 0.25) is 0 Å². The Kier molecular flexibility index (Phi) is 9.88. The second kappa shape index (κ2) is 11.9. The van der Waals surface area contributed by atoms with Gasteiger partial charge in [-0.2, -0.15) is 0 Å². The first-order chi connectivity index (χ1) is 13.3. The summed E-state index contributed by atoms with van der Waals surface area (Å²) in [6, 6.07) is 5.19. The van der Waals surface area contributed by atoms with Crippen LogP contribution in [0.15, 0.2) is 60.1 Å². The van der Waals surface area contributed by atoms with Gasteiger partial charge in [0.05, 0.1) is 0 Å². The second-order valence-electron chi connectivity index (χ2n) is 7.07. The smallest absolute Gasteiger partial charge is 0.132 e. The first-order valence-electron chi connectivity index (χ1n) is 9.79. The molecule has 0 fully saturated rings. The molecule has 2 nitrogen and oxygen atoms in total. The van der Waals surface area contributed by atoms with Gasteiger partial charge >= 0.3 is 0 Å². The van der Waals surface area contributed by atoms with Crippen LogP contribution in [0, 0.1) is 31.0 Å². The molecular formula is C25H33FN2. The zero-order valence-electron chi connectivity index (χ0n) is 17.8. The Bertz CT molecular complexity index is 806. The van der Waals surface area contributed by atoms with E-state index in [9.17, 15) is 4.39 Å². The summed E-state index contributed by atoms with van der Waals surface area (Å²) < 4.78 is 14.2. The maximum absolute atomic E-state index is 14.2. The van der Waals surface area contributed by atoms with Crippen LogP contribution >= 0.6 is 0 Å². The monoisotopic (exact) mass is 380 g/mol. The summed E-state index contributed by atoms with van der Waals surface area (Å²) in [6.45, 7) is 14.2. The minimum atomic E-state index is -0.257. The molecule has 2 N–H and O–H groups in total. The van der Waals surface area contributed by atoms with Gasteiger partial charge in [-0.1, -0.05) is 51.0 Å². The molecule has 0 heterocycles. The molecule has 0 spiro atoms. The summed E-state index contributed by atoms with van der Waals surface area (Å²) in [7, 11) is 0. The molecule has 28 heavy (non-hydrogen) atoms. The molecular weight excluding hydrogens is 347 g/mol. The maximum atomic E-state index is 14.2. The maximum Gasteiger partial charge on any atom is 0.132 e. The van der Waals surface area contributed by atoms with Crippen LogP contribution in [-0.4, -0.2) is 0 Å². The molecule has 0 bridgehead atoms. The van der Waals surface area contributed by atoms with E-state index in [2.05, 4.69) is 43.1 Å². The highest BCUT2D eigenvalue weighted by atomic mass is 19.1. The third kappa shape index (κ3) is 7.48. The molecule has 0 amide bonds. The lowest BCUT2D eigenvalue weighted by molar-refractivity contribution is 0.620. The van der Waals surface area contributed by atoms with E-state index < -0.39 is 0 Å². The number of terminal acetylenes is 1. The molecule has 1 aromatic carbocycles. The largest absolute Gasteiger partial charge is 0.362 e. The number of aryl methyl sites for hydroxylation is 1. The normalized spacial score (nSPS) is 13.7. The Hall–Kier alpha value is -2.73. The van der Waals surface area contributed by atoms with Crippen LogP contribution in [0.4, 0.5) is 4.39 Å². The van der Waals surface area contributed by atoms with E-state index in [4.69, 9.17) is 6.42 Å². The van der Waals surface area contributed by atoms with Crippen LogP contribution in [0.5, 0.6) is 0 Å². The van der Waals surface area contributed by atoms with Crippen molar-refractivity contribution in [2.24, 2.45) is 5.92 Å². The van der Waals surface area contributed by atoms with Crippen molar-refractivity contribution < 1.29 is 4.39 Å². The highest BCUT2D eigenvalue weighted by Gasteiger charge is 2.10. The number of halogens is 1. The fraction of sp³-hybridized carbons (Fsp3) is 0.360. The molecule has 0 aromatic heterocycles. The van der Waals surface area contributed by atoms with Gasteiger partial charge in [-0.25, -0.2) is 4.39 Å². The van der Waals surface area contributed by atoms with Crippen molar-refractivity contribution in [3.05, 3.63) is 77.0 Å². The minimum Gasteiger partial charge on any atom is -0.362 e. The number of hydrogen-bond acceptors (Lipinski definition) is 2. The number of hydrogen-bond donors (Lipinski definition) is 2. The van der Waals surface area contributed by atoms with E-state index in [0.29, 0.717) is 11.3 Å². The van der Waals surface area contributed by atoms with E-state index >= 15 is 0 Å². The number of rotatable bonds is 10. The van der Waals surface area contributed by atoms with Crippen LogP contribution in [0.1, 0.15) is 58.1 Å². The van der Waals surface area contributed by atoms with Gasteiger partial charge in [-0.3, -0.25) is 0 Å². The lowest BCUT2D eigenvalue weighted by atomic mass is 10.0. The fourth-order valence-corrected chi connectivity index (χ4v) is 2.75. The molecule has 0 radical (unpaired) electrons. The summed E-state index contributed by atoms with van der Waals surface area (Å²) >= 11 is 0. The predicted octanol–water partition coefficient (Wildman–Crippen LogP) is 6.44. The zero-order valence-corrected chi connectivity index (χ0v) is 17.8. The van der Waals surface area contributed by atoms with Gasteiger partial charge in [0.25, 0.3) is 0 Å². The van der Waals surface area contributed by atoms with E-state index in [-0.39, 0.29) is 11.7 Å². The van der Waals surface area contributed by atoms with E-state index in [1.54, 1.807) is 12.1 Å². The third-order valence-electron chi connectivity index (χ3n) is 4.54. The molecule has 0 aliphatic heterocycles. The molecule has 1 atom stereocenters. The summed E-state index contributed by atoms with van der Waals surface area (Å²) in [6.07, 6.45) is 14.1. The third-order valence-corrected chi connectivity index (χ3v) is 4.54. The van der Waals surface area contributed by atoms with Crippen LogP contribution in [0.3, 0.4) is 0 Å². The van der Waals surface area contributed by atoms with Crippen molar-refractivity contribution in [1.82, 2.24) is 10.6 Å². The Labute approximate surface area is 170 Å². The first-order valence-corrected chi connectivity index (χ1v) is 9.79. The lowest BCUT2D eigenvalue weighted by Gasteiger charge is -2.18. The van der Waals surface area contributed by atoms with Crippen molar-refractivity contribution in [1.29, 1.82) is 0 Å². The summed E-state index contributed by atoms with van der Waals surface area (Å²) in [5, 5.41) is 6.67. The van der Waals surface area contributed by atoms with E-state index in [1.807, 2.05) is 32.9 Å². The van der Waals surface area contributed by atoms with Crippen molar-refractivity contribution in [2.45, 2.75) is 53.9 Å². The van der Waals surface area contributed by atoms with Gasteiger partial charge in [-0.05, 0) is 51.3 Å². The molecule has 1 rings (SSSR count). The van der Waals surface area contributed by atoms with Gasteiger partial charge in [0.2, 0.25) is 0 Å². The van der Waals surface area contributed by atoms with Crippen molar-refractivity contribution in [3.8, 4) is 12.3 Å². The number of benzene rings is 1. The molecule has 0 aliphatic carbocycles. The van der Waals surface area contributed by atoms with Crippen LogP contribution in [-0.2, 0) is 0 Å². The van der Waals surface area contributed by atoms with Crippen LogP contribution in [0.25, 0.3) is 5.70 Å². The SMILES string of the molecule is C#C/C=C(/N/C(C)=C/C)C(C)C/C=C(/CCC)NC(=C)c1ccc(C)cc1F. The average Bonchev–Trinajstić information content (AvgIpc) is 2.65. The average molecular weight is 381 g/mol. The second-order valence-corrected chi connectivity index (χ2v) is 7.07. The Balaban J connectivity index is 2.92. The van der Waals surface area contributed by atoms with Gasteiger partial charge < -0.3 is 10.6 Å². The minimum absolute atomic E-state index is 0.226. The zero-order chi connectivity index (χ0) is 21.1. The van der Waals surface area contributed by atoms with Crippen LogP contribution < -0.4 is 10.6 Å². The summed E-state index contributed by atoms with van der Waals surface area (Å²) in [5.74, 6) is 2.58. The predicted molar refractivity (Wildman–Crippen MR) is 120 cm³/mol. The van der Waals surface area contributed by atoms with Gasteiger partial charge in [0.1, 0.15) is 5.82 Å². The van der Waals surface area contributed by atoms with Gasteiger partial charge in [0.15, 0.2) is 0 Å². The van der Waals surface area contributed by atoms with Gasteiger partial charge in [0, 0.05) is 40.3 Å². The van der Waals surface area contributed by atoms with Crippen molar-refractivity contribution in [2.75, 3.05) is 0 Å². The Morgan fingerprint density at radius 3 is 2.64 bits per heavy atom. The molecule has 1 aromatic rings. The van der Waals surface area contributed by atoms with E-state index in [1.165, 1.54) is 6.07 Å². The summed E-state index contributed by atoms with van der Waals surface area (Å²) in [4.78, 5) is 0. The lowest BCUT2D eigenvalue weighted by Crippen LogP contribution is -2.17. The van der Waals surface area contributed by atoms with Gasteiger partial charge in [-0.15, -0.1) is 6.42 Å². The molecule has 0 aliphatic rings. The Morgan fingerprint density at radius 1 is 1.36 bits per heavy atom. The molecule has 0 saturated carbocycles. The topological polar surface area (TPSA) is 24.1 Å². The molecule has 1 unspecified atom stereocenters. The highest BCUT2D eigenvalue weighted by Crippen LogP contribution is 2.20. The van der Waals surface area contributed by atoms with E-state index in [0.717, 1.165) is 41.9 Å². The summed E-state index contributed by atoms with van der Waals surface area (Å²) in [5.41, 5.74) is 5.08. The highest BCUT2D eigenvalue weighted by molar-refractivity contribution is 5.64. The molecule has 3 heteroatoms. The fourth-order valence-electron chi connectivity index (χ4n) is 2.75. The van der Waals surface area contributed by atoms with Crippen molar-refractivity contribution in [3.63, 3.8) is 0 Å². The Morgan fingerprint density at radius 2 is 2.07 bits per heavy atom. The molecule has 150 valence electrons. The first kappa shape index (κ1) is 23.3. The standard InChI is InChI=1S/C25H33FN2/c1-8-11-22(28-21(7)23-16-13-18(4)17-24(23)26)15-14-19(5)25(12-9-2)27-20(6)10-3/h2,10,12-13,15-17,19,27-28H,7-8,11,14H2,1,3-6H3/b20-10+,22-15-,25-12+. The quantitative estimate of drug-likeness (QED) is 0.457. The van der Waals surface area contributed by atoms with Crippen molar-refractivity contribution >= 4 is 5.70 Å². The number of nitrogens with one attached hydrogen (secondary N) is 2. The molecule has 0 saturated heterocycles.